The summed E-state index contributed by atoms with van der Waals surface area (Å²) in [6, 6.07) is 10.6. The van der Waals surface area contributed by atoms with E-state index >= 15 is 0 Å². The SMILES string of the molecule is CCCCCOc1c(CC)cc(OCC(CC)CCCl)c2ccccc12. The number of benzene rings is 2. The molecule has 0 heterocycles. The van der Waals surface area contributed by atoms with Gasteiger partial charge in [0.25, 0.3) is 0 Å². The maximum absolute atomic E-state index is 6.25. The number of aryl methyl sites for hydroxylation is 1. The van der Waals surface area contributed by atoms with Crippen molar-refractivity contribution in [1.29, 1.82) is 0 Å². The predicted molar refractivity (Wildman–Crippen MR) is 113 cm³/mol. The Balaban J connectivity index is 2.28. The largest absolute Gasteiger partial charge is 0.493 e. The van der Waals surface area contributed by atoms with E-state index in [2.05, 4.69) is 51.1 Å². The van der Waals surface area contributed by atoms with Gasteiger partial charge in [-0.3, -0.25) is 0 Å². The molecule has 144 valence electrons. The van der Waals surface area contributed by atoms with E-state index in [1.165, 1.54) is 18.4 Å². The van der Waals surface area contributed by atoms with Gasteiger partial charge in [-0.15, -0.1) is 11.6 Å². The molecular formula is C23H33ClO2. The topological polar surface area (TPSA) is 18.5 Å². The minimum absolute atomic E-state index is 0.501. The van der Waals surface area contributed by atoms with Crippen LogP contribution in [0, 0.1) is 5.92 Å². The average Bonchev–Trinajstić information content (AvgIpc) is 2.68. The van der Waals surface area contributed by atoms with Gasteiger partial charge >= 0.3 is 0 Å². The second-order valence-corrected chi connectivity index (χ2v) is 7.26. The van der Waals surface area contributed by atoms with Crippen LogP contribution in [0.1, 0.15) is 58.4 Å². The molecule has 0 spiro atoms. The number of hydrogen-bond acceptors (Lipinski definition) is 2. The van der Waals surface area contributed by atoms with Crippen molar-refractivity contribution in [3.8, 4) is 11.5 Å². The van der Waals surface area contributed by atoms with E-state index in [0.717, 1.165) is 54.6 Å². The highest BCUT2D eigenvalue weighted by Gasteiger charge is 2.15. The first-order valence-electron chi connectivity index (χ1n) is 10.1. The fourth-order valence-electron chi connectivity index (χ4n) is 3.22. The summed E-state index contributed by atoms with van der Waals surface area (Å²) in [6.07, 6.45) is 6.53. The summed E-state index contributed by atoms with van der Waals surface area (Å²) >= 11 is 5.92. The Morgan fingerprint density at radius 2 is 1.77 bits per heavy atom. The van der Waals surface area contributed by atoms with Crippen molar-refractivity contribution in [1.82, 2.24) is 0 Å². The summed E-state index contributed by atoms with van der Waals surface area (Å²) in [6.45, 7) is 8.08. The highest BCUT2D eigenvalue weighted by Crippen LogP contribution is 2.37. The lowest BCUT2D eigenvalue weighted by atomic mass is 10.0. The van der Waals surface area contributed by atoms with Gasteiger partial charge in [-0.1, -0.05) is 64.3 Å². The van der Waals surface area contributed by atoms with E-state index < -0.39 is 0 Å². The Morgan fingerprint density at radius 1 is 1.00 bits per heavy atom. The van der Waals surface area contributed by atoms with E-state index in [0.29, 0.717) is 18.4 Å². The van der Waals surface area contributed by atoms with Crippen molar-refractivity contribution in [2.45, 2.75) is 59.3 Å². The molecule has 3 heteroatoms. The fraction of sp³-hybridized carbons (Fsp3) is 0.565. The van der Waals surface area contributed by atoms with Gasteiger partial charge < -0.3 is 9.47 Å². The number of hydrogen-bond donors (Lipinski definition) is 0. The minimum atomic E-state index is 0.501. The van der Waals surface area contributed by atoms with Gasteiger partial charge in [0.1, 0.15) is 11.5 Å². The Labute approximate surface area is 163 Å². The molecule has 2 rings (SSSR count). The number of rotatable bonds is 12. The normalized spacial score (nSPS) is 12.3. The zero-order valence-corrected chi connectivity index (χ0v) is 17.3. The second-order valence-electron chi connectivity index (χ2n) is 6.88. The van der Waals surface area contributed by atoms with Gasteiger partial charge in [-0.2, -0.15) is 0 Å². The second kappa shape index (κ2) is 11.3. The molecule has 0 aliphatic rings. The number of alkyl halides is 1. The molecule has 26 heavy (non-hydrogen) atoms. The third-order valence-electron chi connectivity index (χ3n) is 4.98. The van der Waals surface area contributed by atoms with E-state index in [1.54, 1.807) is 0 Å². The van der Waals surface area contributed by atoms with Crippen molar-refractivity contribution < 1.29 is 9.47 Å². The van der Waals surface area contributed by atoms with Crippen LogP contribution in [0.25, 0.3) is 10.8 Å². The molecule has 0 bridgehead atoms. The molecule has 2 aromatic rings. The number of halogens is 1. The maximum atomic E-state index is 6.25. The van der Waals surface area contributed by atoms with E-state index in [1.807, 2.05) is 0 Å². The Hall–Kier alpha value is -1.41. The molecule has 2 nitrogen and oxygen atoms in total. The van der Waals surface area contributed by atoms with Crippen LogP contribution >= 0.6 is 11.6 Å². The quantitative estimate of drug-likeness (QED) is 0.293. The van der Waals surface area contributed by atoms with Crippen LogP contribution in [0.3, 0.4) is 0 Å². The predicted octanol–water partition coefficient (Wildman–Crippen LogP) is 7.01. The van der Waals surface area contributed by atoms with Crippen LogP contribution in [0.5, 0.6) is 11.5 Å². The Morgan fingerprint density at radius 3 is 2.42 bits per heavy atom. The van der Waals surface area contributed by atoms with Gasteiger partial charge in [0.2, 0.25) is 0 Å². The molecular weight excluding hydrogens is 344 g/mol. The van der Waals surface area contributed by atoms with Crippen LogP contribution in [0.4, 0.5) is 0 Å². The van der Waals surface area contributed by atoms with Crippen LogP contribution < -0.4 is 9.47 Å². The molecule has 0 aliphatic heterocycles. The average molecular weight is 377 g/mol. The highest BCUT2D eigenvalue weighted by molar-refractivity contribution is 6.17. The molecule has 0 saturated heterocycles. The third kappa shape index (κ3) is 5.54. The maximum Gasteiger partial charge on any atom is 0.130 e. The fourth-order valence-corrected chi connectivity index (χ4v) is 3.53. The minimum Gasteiger partial charge on any atom is -0.493 e. The van der Waals surface area contributed by atoms with Gasteiger partial charge in [0.15, 0.2) is 0 Å². The molecule has 0 saturated carbocycles. The summed E-state index contributed by atoms with van der Waals surface area (Å²) in [7, 11) is 0. The molecule has 2 aromatic carbocycles. The first-order chi connectivity index (χ1) is 12.7. The van der Waals surface area contributed by atoms with Gasteiger partial charge in [0.05, 0.1) is 13.2 Å². The lowest BCUT2D eigenvalue weighted by Crippen LogP contribution is -2.12. The van der Waals surface area contributed by atoms with E-state index in [-0.39, 0.29) is 0 Å². The Bertz CT molecular complexity index is 669. The van der Waals surface area contributed by atoms with Gasteiger partial charge in [-0.25, -0.2) is 0 Å². The first-order valence-corrected chi connectivity index (χ1v) is 10.6. The zero-order valence-electron chi connectivity index (χ0n) is 16.5. The van der Waals surface area contributed by atoms with Crippen molar-refractivity contribution in [3.63, 3.8) is 0 Å². The van der Waals surface area contributed by atoms with E-state index in [4.69, 9.17) is 21.1 Å². The summed E-state index contributed by atoms with van der Waals surface area (Å²) in [4.78, 5) is 0. The zero-order chi connectivity index (χ0) is 18.8. The molecule has 0 amide bonds. The summed E-state index contributed by atoms with van der Waals surface area (Å²) in [5.41, 5.74) is 1.22. The number of fused-ring (bicyclic) bond motifs is 1. The monoisotopic (exact) mass is 376 g/mol. The van der Waals surface area contributed by atoms with Crippen LogP contribution in [-0.2, 0) is 6.42 Å². The molecule has 1 unspecified atom stereocenters. The summed E-state index contributed by atoms with van der Waals surface area (Å²) < 4.78 is 12.5. The van der Waals surface area contributed by atoms with E-state index in [9.17, 15) is 0 Å². The lowest BCUT2D eigenvalue weighted by Gasteiger charge is -2.19. The van der Waals surface area contributed by atoms with Crippen LogP contribution in [0.2, 0.25) is 0 Å². The Kier molecular flexibility index (Phi) is 9.11. The van der Waals surface area contributed by atoms with Crippen molar-refractivity contribution in [2.75, 3.05) is 19.1 Å². The third-order valence-corrected chi connectivity index (χ3v) is 5.20. The number of unbranched alkanes of at least 4 members (excludes halogenated alkanes) is 2. The first kappa shape index (κ1) is 20.9. The van der Waals surface area contributed by atoms with Crippen molar-refractivity contribution in [3.05, 3.63) is 35.9 Å². The van der Waals surface area contributed by atoms with Crippen LogP contribution in [0.15, 0.2) is 30.3 Å². The molecule has 0 fully saturated rings. The van der Waals surface area contributed by atoms with Gasteiger partial charge in [-0.05, 0) is 36.8 Å². The smallest absolute Gasteiger partial charge is 0.130 e. The van der Waals surface area contributed by atoms with Crippen molar-refractivity contribution in [2.24, 2.45) is 5.92 Å². The van der Waals surface area contributed by atoms with Crippen molar-refractivity contribution >= 4 is 22.4 Å². The molecule has 0 N–H and O–H groups in total. The standard InChI is InChI=1S/C23H33ClO2/c1-4-7-10-15-25-23-19(6-3)16-22(20-11-8-9-12-21(20)23)26-17-18(5-2)13-14-24/h8-9,11-12,16,18H,4-7,10,13-15,17H2,1-3H3. The van der Waals surface area contributed by atoms with Gasteiger partial charge in [0, 0.05) is 16.7 Å². The molecule has 1 atom stereocenters. The summed E-state index contributed by atoms with van der Waals surface area (Å²) in [5.74, 6) is 3.18. The van der Waals surface area contributed by atoms with Crippen LogP contribution in [-0.4, -0.2) is 19.1 Å². The lowest BCUT2D eigenvalue weighted by molar-refractivity contribution is 0.243. The number of ether oxygens (including phenoxy) is 2. The molecule has 0 aromatic heterocycles. The summed E-state index contributed by atoms with van der Waals surface area (Å²) in [5, 5.41) is 2.29. The molecule has 0 aliphatic carbocycles. The highest BCUT2D eigenvalue weighted by atomic mass is 35.5. The molecule has 0 radical (unpaired) electrons.